The molecule has 9 rings (SSSR count). The van der Waals surface area contributed by atoms with Crippen LogP contribution in [0.1, 0.15) is 86.6 Å². The normalized spacial score (nSPS) is 15.3. The van der Waals surface area contributed by atoms with Crippen LogP contribution in [0.2, 0.25) is 0 Å². The van der Waals surface area contributed by atoms with Crippen LogP contribution in [0.5, 0.6) is 5.75 Å². The molecule has 3 heterocycles. The summed E-state index contributed by atoms with van der Waals surface area (Å²) in [5.41, 5.74) is 18.8. The number of fused-ring (bicyclic) bond motifs is 4. The van der Waals surface area contributed by atoms with E-state index < -0.39 is 198 Å². The second kappa shape index (κ2) is 42.9. The van der Waals surface area contributed by atoms with Crippen molar-refractivity contribution in [1.82, 2.24) is 58.2 Å². The number of thioether (sulfide) groups is 1. The first-order chi connectivity index (χ1) is 54.1. The molecule has 610 valence electrons. The van der Waals surface area contributed by atoms with Gasteiger partial charge in [-0.1, -0.05) is 91.0 Å². The van der Waals surface area contributed by atoms with Crippen LogP contribution in [-0.4, -0.2) is 214 Å². The monoisotopic (exact) mass is 1620 g/mol. The zero-order chi connectivity index (χ0) is 83.3. The number of anilines is 1. The number of aromatic nitrogens is 1. The molecule has 39 heteroatoms. The first-order valence-electron chi connectivity index (χ1n) is 35.7. The second-order valence-electron chi connectivity index (χ2n) is 26.6. The number of carboxylic acids is 2. The molecular weight excluding hydrogens is 1530 g/mol. The number of hydrogen-bond donors (Lipinski definition) is 18. The van der Waals surface area contributed by atoms with Gasteiger partial charge in [0.05, 0.1) is 38.7 Å². The van der Waals surface area contributed by atoms with Crippen molar-refractivity contribution in [3.63, 3.8) is 0 Å². The second-order valence-corrected chi connectivity index (χ2v) is 28.6. The number of ether oxygens (including phenoxy) is 1. The number of benzene rings is 5. The van der Waals surface area contributed by atoms with Crippen LogP contribution in [-0.2, 0) is 113 Å². The molecule has 1 aliphatic carbocycles. The molecule has 5 aromatic carbocycles. The topological polar surface area (TPSA) is 593 Å². The summed E-state index contributed by atoms with van der Waals surface area (Å²) in [6.07, 6.45) is -1.76. The van der Waals surface area contributed by atoms with Crippen molar-refractivity contribution in [3.8, 4) is 16.9 Å². The molecule has 0 saturated carbocycles. The summed E-state index contributed by atoms with van der Waals surface area (Å²) in [6, 6.07) is 19.3. The highest BCUT2D eigenvalue weighted by Gasteiger charge is 2.38. The molecule has 20 N–H and O–H groups in total. The van der Waals surface area contributed by atoms with E-state index in [9.17, 15) is 95.7 Å². The van der Waals surface area contributed by atoms with Crippen molar-refractivity contribution >= 4 is 127 Å². The Morgan fingerprint density at radius 2 is 1.15 bits per heavy atom. The van der Waals surface area contributed by atoms with Crippen LogP contribution in [0.15, 0.2) is 128 Å². The third-order valence-electron chi connectivity index (χ3n) is 17.6. The molecular formula is C75H90N14O23S2. The molecule has 37 nitrogen and oxygen atoms in total. The Morgan fingerprint density at radius 1 is 0.614 bits per heavy atom. The van der Waals surface area contributed by atoms with Gasteiger partial charge >= 0.3 is 22.3 Å². The van der Waals surface area contributed by atoms with E-state index >= 15 is 0 Å². The highest BCUT2D eigenvalue weighted by Crippen LogP contribution is 2.37. The van der Waals surface area contributed by atoms with Crippen molar-refractivity contribution in [2.75, 3.05) is 37.1 Å². The van der Waals surface area contributed by atoms with E-state index in [0.29, 0.717) is 22.0 Å². The number of epoxide rings is 1. The van der Waals surface area contributed by atoms with E-state index in [0.717, 1.165) is 44.4 Å². The molecule has 2 fully saturated rings. The standard InChI is InChI=1S/C58H73N13O21S2.C15H13NO.C2H4O/c1-29(72)49(71-57(87)40(23-31-12-14-33(15-13-31)92-94(89,90)91)68-56(86)43(26-48(78)79)69-52(82)37(16-18-44(59)73)65-51(81)36-17-19-45(74)63-36)58(88)62-28-46(75)64-41(24-32-27-61-35-11-7-6-10-34(32)35)54(84)66-38(20-21-93-2)53(83)70-42(25-47(76)77)55(85)67-39(50(60)80)22-30-8-4-3-5-9-30;1-10(17)16-13-6-7-15-12(9-13)8-11-4-2-3-5-14(11)15;1-2-3-1/h3-15,27,29,36-43,49,61,72H,16-26,28H2,1-2H3,(H2,59,73)(H2,60,80)(H,62,88)(H,63,74)(H,64,75)(H,65,81)(H,66,84)(H,67,85)(H,68,86)(H,69,82)(H,70,83)(H,71,87)(H,76,77)(H,78,79)(H,89,90,91);2-7,9H,8H2,1H3,(H,16,17);1-2H2/t29-,36+,37+,38+,39+,40+,41+,42+,43+,49+;;/m1../s1. The summed E-state index contributed by atoms with van der Waals surface area (Å²) >= 11 is 1.26. The van der Waals surface area contributed by atoms with Crippen LogP contribution in [0.3, 0.4) is 0 Å². The largest absolute Gasteiger partial charge is 0.481 e. The molecule has 2 saturated heterocycles. The molecule has 2 aliphatic heterocycles. The number of carboxylic acid groups (broad SMARTS) is 2. The molecule has 6 aromatic rings. The lowest BCUT2D eigenvalue weighted by Crippen LogP contribution is -2.61. The minimum Gasteiger partial charge on any atom is -0.481 e. The van der Waals surface area contributed by atoms with Gasteiger partial charge in [-0.15, -0.1) is 0 Å². The van der Waals surface area contributed by atoms with E-state index in [4.69, 9.17) is 16.0 Å². The molecule has 0 spiro atoms. The number of aromatic amines is 1. The Balaban J connectivity index is 0.000000768. The number of aliphatic hydroxyl groups is 1. The van der Waals surface area contributed by atoms with Gasteiger partial charge in [-0.25, -0.2) is 0 Å². The summed E-state index contributed by atoms with van der Waals surface area (Å²) in [5.74, 6) is -15.9. The summed E-state index contributed by atoms with van der Waals surface area (Å²) in [7, 11) is -5.02. The lowest BCUT2D eigenvalue weighted by Gasteiger charge is -2.27. The van der Waals surface area contributed by atoms with Gasteiger partial charge in [0.1, 0.15) is 60.1 Å². The van der Waals surface area contributed by atoms with Gasteiger partial charge in [0, 0.05) is 61.8 Å². The van der Waals surface area contributed by atoms with Crippen LogP contribution in [0.25, 0.3) is 22.0 Å². The number of carbonyl (C=O) groups is 15. The van der Waals surface area contributed by atoms with Crippen LogP contribution < -0.4 is 74.1 Å². The van der Waals surface area contributed by atoms with E-state index in [-0.39, 0.29) is 49.3 Å². The number of H-pyrrole nitrogens is 1. The number of nitrogens with two attached hydrogens (primary N) is 2. The SMILES string of the molecule is C1CO1.CC(=O)Nc1ccc2c(c1)Cc1ccccc1-2.CSCC[C@H](NC(=O)[C@H](Cc1c[nH]c2ccccc12)NC(=O)CNC(=O)[C@@H](NC(=O)[C@H](Cc1ccc(OS(=O)(=O)O)cc1)NC(=O)[C@H](CC(=O)O)NC(=O)[C@H](CCC(N)=O)NC(=O)[C@@H]1CCC(=O)N1)[C@@H](C)O)C(=O)N[C@@H](CC(=O)O)C(=O)N[C@@H](Cc1ccccc1)C(N)=O. The third-order valence-corrected chi connectivity index (χ3v) is 18.6. The summed E-state index contributed by atoms with van der Waals surface area (Å²) in [6.45, 7) is 3.60. The number of rotatable bonds is 39. The van der Waals surface area contributed by atoms with Crippen LogP contribution in [0.4, 0.5) is 5.69 Å². The van der Waals surface area contributed by atoms with Crippen LogP contribution in [0, 0.1) is 0 Å². The smallest absolute Gasteiger partial charge is 0.446 e. The Hall–Kier alpha value is -12.3. The van der Waals surface area contributed by atoms with Crippen molar-refractivity contribution < 1.29 is 109 Å². The van der Waals surface area contributed by atoms with E-state index in [1.165, 1.54) is 53.1 Å². The molecule has 0 bridgehead atoms. The van der Waals surface area contributed by atoms with Crippen molar-refractivity contribution in [2.24, 2.45) is 11.5 Å². The first-order valence-corrected chi connectivity index (χ1v) is 38.5. The molecule has 13 amide bonds. The Bertz CT molecular complexity index is 4620. The predicted octanol–water partition coefficient (Wildman–Crippen LogP) is -1.28. The first kappa shape index (κ1) is 88.9. The Kier molecular flexibility index (Phi) is 33.5. The van der Waals surface area contributed by atoms with Gasteiger partial charge in [0.15, 0.2) is 0 Å². The van der Waals surface area contributed by atoms with Gasteiger partial charge in [-0.3, -0.25) is 76.5 Å². The molecule has 114 heavy (non-hydrogen) atoms. The number of aliphatic hydroxyl groups excluding tert-OH is 1. The zero-order valence-corrected chi connectivity index (χ0v) is 63.7. The van der Waals surface area contributed by atoms with E-state index in [2.05, 4.69) is 109 Å². The minimum atomic E-state index is -5.02. The number of amides is 13. The fourth-order valence-corrected chi connectivity index (χ4v) is 12.8. The molecule has 1 aromatic heterocycles. The number of primary amides is 2. The number of carbonyl (C=O) groups excluding carboxylic acids is 13. The van der Waals surface area contributed by atoms with Gasteiger partial charge in [0.2, 0.25) is 76.8 Å². The quantitative estimate of drug-likeness (QED) is 0.0158. The van der Waals surface area contributed by atoms with Crippen molar-refractivity contribution in [3.05, 3.63) is 155 Å². The zero-order valence-electron chi connectivity index (χ0n) is 62.0. The lowest BCUT2D eigenvalue weighted by molar-refractivity contribution is -0.142. The van der Waals surface area contributed by atoms with Crippen molar-refractivity contribution in [2.45, 2.75) is 145 Å². The minimum absolute atomic E-state index is 0.0226. The maximum Gasteiger partial charge on any atom is 0.446 e. The van der Waals surface area contributed by atoms with Gasteiger partial charge in [-0.2, -0.15) is 20.2 Å². The Morgan fingerprint density at radius 3 is 1.73 bits per heavy atom. The van der Waals surface area contributed by atoms with Gasteiger partial charge < -0.3 is 99.2 Å². The highest BCUT2D eigenvalue weighted by molar-refractivity contribution is 7.98. The Labute approximate surface area is 657 Å². The lowest BCUT2D eigenvalue weighted by atomic mass is 10.0. The summed E-state index contributed by atoms with van der Waals surface area (Å²) in [4.78, 5) is 199. The van der Waals surface area contributed by atoms with Crippen molar-refractivity contribution in [1.29, 1.82) is 0 Å². The number of para-hydroxylation sites is 1. The molecule has 0 radical (unpaired) electrons. The van der Waals surface area contributed by atoms with Gasteiger partial charge in [-0.05, 0) is 114 Å². The fourth-order valence-electron chi connectivity index (χ4n) is 11.9. The molecule has 10 atom stereocenters. The average Bonchev–Trinajstić information content (AvgIpc) is 1.64. The number of hydrogen-bond acceptors (Lipinski definition) is 21. The third kappa shape index (κ3) is 29.1. The number of aliphatic carboxylic acids is 2. The maximum absolute atomic E-state index is 14.5. The summed E-state index contributed by atoms with van der Waals surface area (Å²) in [5, 5.41) is 57.4. The predicted molar refractivity (Wildman–Crippen MR) is 411 cm³/mol. The maximum atomic E-state index is 14.5. The van der Waals surface area contributed by atoms with E-state index in [1.807, 2.05) is 6.07 Å². The summed E-state index contributed by atoms with van der Waals surface area (Å²) < 4.78 is 40.9. The van der Waals surface area contributed by atoms with Gasteiger partial charge in [0.25, 0.3) is 0 Å². The number of nitrogens with one attached hydrogen (secondary N) is 12. The average molecular weight is 1620 g/mol. The molecule has 0 unspecified atom stereocenters. The molecule has 3 aliphatic rings. The van der Waals surface area contributed by atoms with E-state index in [1.54, 1.807) is 67.0 Å². The highest BCUT2D eigenvalue weighted by atomic mass is 32.3. The van der Waals surface area contributed by atoms with Crippen LogP contribution >= 0.6 is 11.8 Å². The fraction of sp³-hybridized carbons (Fsp3) is 0.373.